The van der Waals surface area contributed by atoms with Gasteiger partial charge in [-0.3, -0.25) is 24.8 Å². The quantitative estimate of drug-likeness (QED) is 0.319. The number of pyridine rings is 1. The second-order valence-electron chi connectivity index (χ2n) is 5.77. The number of allylic oxidation sites excluding steroid dienone is 1. The maximum atomic E-state index is 13.8. The van der Waals surface area contributed by atoms with Gasteiger partial charge in [0.25, 0.3) is 5.69 Å². The fourth-order valence-corrected chi connectivity index (χ4v) is 3.49. The van der Waals surface area contributed by atoms with Crippen molar-refractivity contribution in [2.45, 2.75) is 11.8 Å². The minimum absolute atomic E-state index is 0.00759. The van der Waals surface area contributed by atoms with Crippen LogP contribution in [0.3, 0.4) is 0 Å². The SMILES string of the molecule is O=C(NOCC=CCc1c(F)cccc1[N+](=O)[O-])N1[C]=CSC1c1ccncc1. The number of rotatable bonds is 7. The lowest BCUT2D eigenvalue weighted by Gasteiger charge is -2.22. The number of hydrogen-bond acceptors (Lipinski definition) is 6. The van der Waals surface area contributed by atoms with Crippen molar-refractivity contribution in [2.24, 2.45) is 0 Å². The maximum absolute atomic E-state index is 13.8. The summed E-state index contributed by atoms with van der Waals surface area (Å²) in [5.41, 5.74) is 2.92. The molecule has 149 valence electrons. The monoisotopic (exact) mass is 415 g/mol. The third-order valence-electron chi connectivity index (χ3n) is 3.95. The van der Waals surface area contributed by atoms with E-state index in [1.165, 1.54) is 47.0 Å². The highest BCUT2D eigenvalue weighted by Gasteiger charge is 2.28. The highest BCUT2D eigenvalue weighted by Crippen LogP contribution is 2.37. The lowest BCUT2D eigenvalue weighted by molar-refractivity contribution is -0.385. The second-order valence-corrected chi connectivity index (χ2v) is 6.73. The fraction of sp³-hybridized carbons (Fsp3) is 0.158. The number of amides is 2. The van der Waals surface area contributed by atoms with E-state index in [4.69, 9.17) is 4.84 Å². The van der Waals surface area contributed by atoms with Crippen LogP contribution in [0.2, 0.25) is 0 Å². The average molecular weight is 415 g/mol. The minimum atomic E-state index is -0.644. The molecule has 1 aliphatic rings. The summed E-state index contributed by atoms with van der Waals surface area (Å²) in [6.45, 7) is 0.0125. The van der Waals surface area contributed by atoms with Gasteiger partial charge in [0.15, 0.2) is 0 Å². The van der Waals surface area contributed by atoms with Crippen LogP contribution in [0.15, 0.2) is 60.3 Å². The van der Waals surface area contributed by atoms with Gasteiger partial charge in [0.05, 0.1) is 23.3 Å². The zero-order valence-electron chi connectivity index (χ0n) is 15.0. The van der Waals surface area contributed by atoms with Crippen LogP contribution in [0, 0.1) is 22.1 Å². The summed E-state index contributed by atoms with van der Waals surface area (Å²) in [4.78, 5) is 33.0. The maximum Gasteiger partial charge on any atom is 0.347 e. The van der Waals surface area contributed by atoms with Gasteiger partial charge >= 0.3 is 6.03 Å². The molecule has 0 saturated heterocycles. The molecule has 1 radical (unpaired) electrons. The third-order valence-corrected chi connectivity index (χ3v) is 4.93. The molecule has 1 aromatic heterocycles. The van der Waals surface area contributed by atoms with E-state index in [1.54, 1.807) is 17.8 Å². The Kier molecular flexibility index (Phi) is 6.93. The van der Waals surface area contributed by atoms with Gasteiger partial charge in [-0.2, -0.15) is 0 Å². The Morgan fingerprint density at radius 2 is 2.17 bits per heavy atom. The van der Waals surface area contributed by atoms with Crippen LogP contribution in [-0.4, -0.2) is 27.4 Å². The molecule has 0 bridgehead atoms. The number of halogens is 1. The van der Waals surface area contributed by atoms with Crippen molar-refractivity contribution in [3.63, 3.8) is 0 Å². The molecule has 0 aliphatic carbocycles. The van der Waals surface area contributed by atoms with E-state index in [2.05, 4.69) is 16.7 Å². The molecule has 3 rings (SSSR count). The number of hydrogen-bond donors (Lipinski definition) is 1. The summed E-state index contributed by atoms with van der Waals surface area (Å²) in [6, 6.07) is 6.84. The Hall–Kier alpha value is -3.24. The lowest BCUT2D eigenvalue weighted by atomic mass is 10.1. The van der Waals surface area contributed by atoms with Gasteiger partial charge < -0.3 is 0 Å². The van der Waals surface area contributed by atoms with Gasteiger partial charge in [-0.1, -0.05) is 18.2 Å². The first kappa shape index (κ1) is 20.5. The molecule has 10 heteroatoms. The molecular formula is C19H16FN4O4S. The van der Waals surface area contributed by atoms with E-state index in [9.17, 15) is 19.3 Å². The van der Waals surface area contributed by atoms with Crippen molar-refractivity contribution in [1.29, 1.82) is 0 Å². The van der Waals surface area contributed by atoms with Crippen LogP contribution in [0.5, 0.6) is 0 Å². The Bertz CT molecular complexity index is 939. The first-order chi connectivity index (χ1) is 14.1. The molecule has 0 saturated carbocycles. The van der Waals surface area contributed by atoms with Crippen LogP contribution < -0.4 is 5.48 Å². The molecule has 1 N–H and O–H groups in total. The molecule has 1 unspecified atom stereocenters. The van der Waals surface area contributed by atoms with Crippen molar-refractivity contribution in [2.75, 3.05) is 6.61 Å². The summed E-state index contributed by atoms with van der Waals surface area (Å²) < 4.78 is 13.8. The number of nitrogens with one attached hydrogen (secondary N) is 1. The minimum Gasteiger partial charge on any atom is -0.273 e. The molecule has 1 aromatic carbocycles. The summed E-state index contributed by atoms with van der Waals surface area (Å²) in [7, 11) is 0. The van der Waals surface area contributed by atoms with Crippen molar-refractivity contribution >= 4 is 23.5 Å². The molecule has 2 amide bonds. The standard InChI is InChI=1S/C19H16FN4O4S/c20-16-5-3-6-17(24(26)27)15(16)4-1-2-12-28-22-19(25)23-11-13-29-18(23)14-7-9-21-10-8-14/h1-3,5-10,13,18H,4,12H2,(H,22,25). The Morgan fingerprint density at radius 1 is 1.38 bits per heavy atom. The lowest BCUT2D eigenvalue weighted by Crippen LogP contribution is -2.36. The second kappa shape index (κ2) is 9.80. The smallest absolute Gasteiger partial charge is 0.273 e. The topological polar surface area (TPSA) is 97.6 Å². The fourth-order valence-electron chi connectivity index (χ4n) is 2.59. The molecule has 2 heterocycles. The highest BCUT2D eigenvalue weighted by molar-refractivity contribution is 8.02. The largest absolute Gasteiger partial charge is 0.347 e. The Balaban J connectivity index is 1.48. The molecule has 2 aromatic rings. The Morgan fingerprint density at radius 3 is 2.93 bits per heavy atom. The van der Waals surface area contributed by atoms with Gasteiger partial charge in [-0.05, 0) is 29.2 Å². The van der Waals surface area contributed by atoms with E-state index in [0.717, 1.165) is 5.56 Å². The van der Waals surface area contributed by atoms with Crippen molar-refractivity contribution in [3.8, 4) is 0 Å². The average Bonchev–Trinajstić information content (AvgIpc) is 3.22. The van der Waals surface area contributed by atoms with Crippen molar-refractivity contribution in [1.82, 2.24) is 15.4 Å². The van der Waals surface area contributed by atoms with Crippen LogP contribution in [0.1, 0.15) is 16.5 Å². The van der Waals surface area contributed by atoms with E-state index < -0.39 is 16.8 Å². The van der Waals surface area contributed by atoms with Gasteiger partial charge in [-0.15, -0.1) is 11.8 Å². The number of benzene rings is 1. The predicted molar refractivity (Wildman–Crippen MR) is 105 cm³/mol. The summed E-state index contributed by atoms with van der Waals surface area (Å²) in [5, 5.41) is 12.4. The van der Waals surface area contributed by atoms with E-state index in [1.807, 2.05) is 12.1 Å². The number of hydroxylamine groups is 1. The summed E-state index contributed by atoms with van der Waals surface area (Å²) >= 11 is 1.42. The van der Waals surface area contributed by atoms with E-state index in [0.29, 0.717) is 0 Å². The first-order valence-corrected chi connectivity index (χ1v) is 9.43. The molecular weight excluding hydrogens is 399 g/mol. The van der Waals surface area contributed by atoms with Crippen LogP contribution >= 0.6 is 11.8 Å². The zero-order valence-corrected chi connectivity index (χ0v) is 15.8. The van der Waals surface area contributed by atoms with E-state index >= 15 is 0 Å². The number of nitro groups is 1. The predicted octanol–water partition coefficient (Wildman–Crippen LogP) is 3.89. The molecule has 29 heavy (non-hydrogen) atoms. The third kappa shape index (κ3) is 5.18. The normalized spacial score (nSPS) is 15.8. The number of nitro benzene ring substituents is 1. The first-order valence-electron chi connectivity index (χ1n) is 8.49. The van der Waals surface area contributed by atoms with Gasteiger partial charge in [0, 0.05) is 24.9 Å². The molecule has 0 fully saturated rings. The number of nitrogens with zero attached hydrogens (tertiary/aromatic N) is 3. The molecule has 0 spiro atoms. The van der Waals surface area contributed by atoms with Crippen molar-refractivity contribution < 1.29 is 18.9 Å². The van der Waals surface area contributed by atoms with Crippen molar-refractivity contribution in [3.05, 3.63) is 93.5 Å². The number of carbonyl (C=O) groups is 1. The zero-order chi connectivity index (χ0) is 20.6. The summed E-state index contributed by atoms with van der Waals surface area (Å²) in [5.74, 6) is -0.644. The van der Waals surface area contributed by atoms with Crippen LogP contribution in [-0.2, 0) is 11.3 Å². The number of urea groups is 1. The van der Waals surface area contributed by atoms with E-state index in [-0.39, 0.29) is 29.7 Å². The highest BCUT2D eigenvalue weighted by atomic mass is 32.2. The van der Waals surface area contributed by atoms with Crippen LogP contribution in [0.25, 0.3) is 0 Å². The van der Waals surface area contributed by atoms with Crippen LogP contribution in [0.4, 0.5) is 14.9 Å². The molecule has 8 nitrogen and oxygen atoms in total. The van der Waals surface area contributed by atoms with Gasteiger partial charge in [0.1, 0.15) is 11.2 Å². The number of thioether (sulfide) groups is 1. The van der Waals surface area contributed by atoms with Gasteiger partial charge in [-0.25, -0.2) is 14.7 Å². The van der Waals surface area contributed by atoms with Gasteiger partial charge in [0.2, 0.25) is 0 Å². The summed E-state index contributed by atoms with van der Waals surface area (Å²) in [6.07, 6.45) is 9.23. The number of aromatic nitrogens is 1. The number of carbonyl (C=O) groups excluding carboxylic acids is 1. The molecule has 1 atom stereocenters. The Labute approximate surface area is 170 Å². The molecule has 1 aliphatic heterocycles.